The van der Waals surface area contributed by atoms with E-state index in [-0.39, 0.29) is 36.3 Å². The molecule has 2 aromatic rings. The summed E-state index contributed by atoms with van der Waals surface area (Å²) >= 11 is 0. The van der Waals surface area contributed by atoms with Crippen molar-refractivity contribution >= 4 is 11.6 Å². The standard InChI is InChI=1S/C35H48O6/c1-12-30(36)34(9,10)38-23-25(4)40-28-19-15-26(16-20-28)33(7,8)27-17-21-29(22-18-27)41-32(5,6)24-39-35(11,14-3)31(37)13-2/h12-13,15-22,25H,1-2,14,23-24H2,3-11H3. The minimum Gasteiger partial charge on any atom is -0.488 e. The van der Waals surface area contributed by atoms with Gasteiger partial charge in [-0.15, -0.1) is 0 Å². The number of ether oxygens (including phenoxy) is 4. The van der Waals surface area contributed by atoms with Crippen LogP contribution in [0.2, 0.25) is 0 Å². The van der Waals surface area contributed by atoms with E-state index in [0.29, 0.717) is 6.42 Å². The van der Waals surface area contributed by atoms with Crippen LogP contribution in [-0.4, -0.2) is 47.7 Å². The fourth-order valence-electron chi connectivity index (χ4n) is 4.21. The summed E-state index contributed by atoms with van der Waals surface area (Å²) < 4.78 is 24.0. The maximum atomic E-state index is 12.2. The lowest BCUT2D eigenvalue weighted by molar-refractivity contribution is -0.145. The first-order chi connectivity index (χ1) is 19.0. The highest BCUT2D eigenvalue weighted by Gasteiger charge is 2.33. The van der Waals surface area contributed by atoms with Crippen molar-refractivity contribution in [3.05, 3.63) is 85.0 Å². The van der Waals surface area contributed by atoms with E-state index < -0.39 is 16.8 Å². The SMILES string of the molecule is C=CC(=O)C(C)(C)OCC(C)Oc1ccc(C(C)(C)c2ccc(OC(C)(C)COC(C)(CC)C(=O)C=C)cc2)cc1. The van der Waals surface area contributed by atoms with Crippen LogP contribution in [0, 0.1) is 0 Å². The molecule has 0 saturated heterocycles. The molecule has 0 fully saturated rings. The summed E-state index contributed by atoms with van der Waals surface area (Å²) in [5.41, 5.74) is -0.458. The van der Waals surface area contributed by atoms with Crippen molar-refractivity contribution in [1.82, 2.24) is 0 Å². The zero-order valence-corrected chi connectivity index (χ0v) is 26.3. The highest BCUT2D eigenvalue weighted by atomic mass is 16.6. The maximum absolute atomic E-state index is 12.2. The van der Waals surface area contributed by atoms with Crippen LogP contribution in [0.5, 0.6) is 11.5 Å². The monoisotopic (exact) mass is 564 g/mol. The molecule has 0 N–H and O–H groups in total. The van der Waals surface area contributed by atoms with Crippen LogP contribution in [0.1, 0.15) is 79.9 Å². The van der Waals surface area contributed by atoms with Gasteiger partial charge in [0.2, 0.25) is 0 Å². The largest absolute Gasteiger partial charge is 0.488 e. The van der Waals surface area contributed by atoms with Crippen LogP contribution in [0.25, 0.3) is 0 Å². The molecule has 2 atom stereocenters. The van der Waals surface area contributed by atoms with Gasteiger partial charge in [-0.05, 0) is 95.5 Å². The van der Waals surface area contributed by atoms with Crippen LogP contribution in [0.3, 0.4) is 0 Å². The first kappa shape index (κ1) is 34.0. The van der Waals surface area contributed by atoms with Gasteiger partial charge in [0.1, 0.15) is 34.4 Å². The van der Waals surface area contributed by atoms with Crippen LogP contribution < -0.4 is 9.47 Å². The molecule has 0 aliphatic carbocycles. The summed E-state index contributed by atoms with van der Waals surface area (Å²) in [7, 11) is 0. The maximum Gasteiger partial charge on any atom is 0.186 e. The van der Waals surface area contributed by atoms with Gasteiger partial charge in [-0.25, -0.2) is 0 Å². The average Bonchev–Trinajstić information content (AvgIpc) is 2.94. The molecule has 0 aliphatic heterocycles. The minimum absolute atomic E-state index is 0.133. The van der Waals surface area contributed by atoms with E-state index in [1.165, 1.54) is 12.2 Å². The number of benzene rings is 2. The number of carbonyl (C=O) groups is 2. The molecule has 6 nitrogen and oxygen atoms in total. The Morgan fingerprint density at radius 3 is 1.73 bits per heavy atom. The van der Waals surface area contributed by atoms with Crippen molar-refractivity contribution in [2.45, 2.75) is 97.1 Å². The molecule has 0 saturated carbocycles. The Bertz CT molecular complexity index is 1190. The summed E-state index contributed by atoms with van der Waals surface area (Å²) in [6.45, 7) is 25.0. The molecule has 6 heteroatoms. The third-order valence-corrected chi connectivity index (χ3v) is 7.46. The van der Waals surface area contributed by atoms with Crippen LogP contribution in [0.15, 0.2) is 73.8 Å². The molecule has 2 unspecified atom stereocenters. The lowest BCUT2D eigenvalue weighted by Gasteiger charge is -2.33. The zero-order chi connectivity index (χ0) is 31.1. The summed E-state index contributed by atoms with van der Waals surface area (Å²) in [6, 6.07) is 16.1. The molecule has 0 radical (unpaired) electrons. The number of hydrogen-bond donors (Lipinski definition) is 0. The second kappa shape index (κ2) is 13.6. The van der Waals surface area contributed by atoms with E-state index in [0.717, 1.165) is 22.6 Å². The van der Waals surface area contributed by atoms with Gasteiger partial charge < -0.3 is 18.9 Å². The number of rotatable bonds is 17. The van der Waals surface area contributed by atoms with Crippen molar-refractivity contribution in [3.8, 4) is 11.5 Å². The molecule has 0 bridgehead atoms. The quantitative estimate of drug-likeness (QED) is 0.186. The highest BCUT2D eigenvalue weighted by Crippen LogP contribution is 2.34. The van der Waals surface area contributed by atoms with E-state index in [1.54, 1.807) is 20.8 Å². The Hall–Kier alpha value is -3.22. The van der Waals surface area contributed by atoms with Gasteiger partial charge >= 0.3 is 0 Å². The molecule has 224 valence electrons. The minimum atomic E-state index is -0.931. The van der Waals surface area contributed by atoms with Gasteiger partial charge in [-0.2, -0.15) is 0 Å². The molecule has 0 heterocycles. The Morgan fingerprint density at radius 1 is 0.780 bits per heavy atom. The van der Waals surface area contributed by atoms with E-state index in [9.17, 15) is 9.59 Å². The van der Waals surface area contributed by atoms with Crippen molar-refractivity contribution < 1.29 is 28.5 Å². The molecule has 0 aromatic heterocycles. The third-order valence-electron chi connectivity index (χ3n) is 7.46. The summed E-state index contributed by atoms with van der Waals surface area (Å²) in [5.74, 6) is 1.16. The van der Waals surface area contributed by atoms with Gasteiger partial charge in [0.25, 0.3) is 0 Å². The predicted molar refractivity (Wildman–Crippen MR) is 165 cm³/mol. The van der Waals surface area contributed by atoms with E-state index in [1.807, 2.05) is 52.0 Å². The lowest BCUT2D eigenvalue weighted by Crippen LogP contribution is -2.43. The molecule has 2 aromatic carbocycles. The highest BCUT2D eigenvalue weighted by molar-refractivity contribution is 5.96. The molecular weight excluding hydrogens is 516 g/mol. The number of ketones is 2. The second-order valence-corrected chi connectivity index (χ2v) is 12.3. The average molecular weight is 565 g/mol. The van der Waals surface area contributed by atoms with Crippen molar-refractivity contribution in [1.29, 1.82) is 0 Å². The lowest BCUT2D eigenvalue weighted by atomic mass is 9.78. The van der Waals surface area contributed by atoms with E-state index in [4.69, 9.17) is 18.9 Å². The smallest absolute Gasteiger partial charge is 0.186 e. The van der Waals surface area contributed by atoms with Crippen molar-refractivity contribution in [2.24, 2.45) is 0 Å². The number of hydrogen-bond acceptors (Lipinski definition) is 6. The molecule has 0 spiro atoms. The first-order valence-electron chi connectivity index (χ1n) is 14.2. The summed E-state index contributed by atoms with van der Waals surface area (Å²) in [4.78, 5) is 24.2. The molecular formula is C35H48O6. The zero-order valence-electron chi connectivity index (χ0n) is 26.3. The van der Waals surface area contributed by atoms with Crippen LogP contribution in [0.4, 0.5) is 0 Å². The Morgan fingerprint density at radius 2 is 1.27 bits per heavy atom. The van der Waals surface area contributed by atoms with E-state index >= 15 is 0 Å². The predicted octanol–water partition coefficient (Wildman–Crippen LogP) is 7.43. The van der Waals surface area contributed by atoms with Gasteiger partial charge in [-0.1, -0.05) is 58.2 Å². The molecule has 0 aliphatic rings. The Labute approximate surface area is 246 Å². The van der Waals surface area contributed by atoms with Gasteiger partial charge in [0.05, 0.1) is 13.2 Å². The van der Waals surface area contributed by atoms with Crippen LogP contribution in [-0.2, 0) is 24.5 Å². The molecule has 41 heavy (non-hydrogen) atoms. The van der Waals surface area contributed by atoms with Crippen molar-refractivity contribution in [2.75, 3.05) is 13.2 Å². The van der Waals surface area contributed by atoms with Crippen LogP contribution >= 0.6 is 0 Å². The Balaban J connectivity index is 2.02. The summed E-state index contributed by atoms with van der Waals surface area (Å²) in [6.07, 6.45) is 2.91. The first-order valence-corrected chi connectivity index (χ1v) is 14.2. The van der Waals surface area contributed by atoms with E-state index in [2.05, 4.69) is 51.3 Å². The fraction of sp³-hybridized carbons (Fsp3) is 0.486. The second-order valence-electron chi connectivity index (χ2n) is 12.3. The number of carbonyl (C=O) groups excluding carboxylic acids is 2. The van der Waals surface area contributed by atoms with Crippen molar-refractivity contribution in [3.63, 3.8) is 0 Å². The Kier molecular flexibility index (Phi) is 11.3. The van der Waals surface area contributed by atoms with Gasteiger partial charge in [0.15, 0.2) is 11.6 Å². The molecule has 2 rings (SSSR count). The third kappa shape index (κ3) is 9.14. The molecule has 0 amide bonds. The fourth-order valence-corrected chi connectivity index (χ4v) is 4.21. The van der Waals surface area contributed by atoms with Gasteiger partial charge in [0, 0.05) is 5.41 Å². The topological polar surface area (TPSA) is 71.1 Å². The van der Waals surface area contributed by atoms with Gasteiger partial charge in [-0.3, -0.25) is 9.59 Å². The summed E-state index contributed by atoms with van der Waals surface area (Å²) in [5, 5.41) is 0. The normalized spacial score (nSPS) is 14.5.